The fourth-order valence-corrected chi connectivity index (χ4v) is 1.99. The van der Waals surface area contributed by atoms with Crippen molar-refractivity contribution in [2.24, 2.45) is 0 Å². The minimum absolute atomic E-state index is 0.0170. The van der Waals surface area contributed by atoms with E-state index in [-0.39, 0.29) is 18.3 Å². The summed E-state index contributed by atoms with van der Waals surface area (Å²) >= 11 is 0. The monoisotopic (exact) mass is 315 g/mol. The second-order valence-corrected chi connectivity index (χ2v) is 5.00. The van der Waals surface area contributed by atoms with Crippen LogP contribution in [0.4, 0.5) is 14.9 Å². The summed E-state index contributed by atoms with van der Waals surface area (Å²) in [5, 5.41) is 7.44. The van der Waals surface area contributed by atoms with E-state index >= 15 is 0 Å². The highest BCUT2D eigenvalue weighted by molar-refractivity contribution is 6.01. The first-order valence-corrected chi connectivity index (χ1v) is 7.20. The highest BCUT2D eigenvalue weighted by Gasteiger charge is 2.11. The van der Waals surface area contributed by atoms with Crippen LogP contribution < -0.4 is 16.0 Å². The van der Waals surface area contributed by atoms with Crippen LogP contribution in [-0.2, 0) is 4.79 Å². The average molecular weight is 315 g/mol. The SMILES string of the molecule is C[C@H](NCC(=O)NC(=O)Nc1ccccc1F)c1ccccc1. The second kappa shape index (κ2) is 8.05. The van der Waals surface area contributed by atoms with E-state index in [1.807, 2.05) is 37.3 Å². The van der Waals surface area contributed by atoms with E-state index in [0.717, 1.165) is 5.56 Å². The Bertz CT molecular complexity index is 677. The molecule has 0 unspecified atom stereocenters. The van der Waals surface area contributed by atoms with Gasteiger partial charge in [-0.3, -0.25) is 10.1 Å². The number of anilines is 1. The molecule has 0 bridgehead atoms. The molecule has 0 fully saturated rings. The molecular weight excluding hydrogens is 297 g/mol. The summed E-state index contributed by atoms with van der Waals surface area (Å²) in [5.74, 6) is -1.06. The molecule has 0 radical (unpaired) electrons. The third-order valence-corrected chi connectivity index (χ3v) is 3.24. The fraction of sp³-hybridized carbons (Fsp3) is 0.176. The molecule has 0 saturated carbocycles. The van der Waals surface area contributed by atoms with Gasteiger partial charge in [0.1, 0.15) is 5.82 Å². The van der Waals surface area contributed by atoms with Crippen molar-refractivity contribution in [2.75, 3.05) is 11.9 Å². The van der Waals surface area contributed by atoms with Gasteiger partial charge >= 0.3 is 6.03 Å². The zero-order chi connectivity index (χ0) is 16.7. The number of benzene rings is 2. The molecule has 0 aliphatic heterocycles. The summed E-state index contributed by atoms with van der Waals surface area (Å²) in [4.78, 5) is 23.4. The van der Waals surface area contributed by atoms with Gasteiger partial charge in [0.25, 0.3) is 0 Å². The van der Waals surface area contributed by atoms with Gasteiger partial charge in [0.2, 0.25) is 5.91 Å². The summed E-state index contributed by atoms with van der Waals surface area (Å²) in [7, 11) is 0. The summed E-state index contributed by atoms with van der Waals surface area (Å²) in [6, 6.07) is 14.6. The van der Waals surface area contributed by atoms with Crippen molar-refractivity contribution in [1.82, 2.24) is 10.6 Å². The van der Waals surface area contributed by atoms with Crippen molar-refractivity contribution >= 4 is 17.6 Å². The van der Waals surface area contributed by atoms with Gasteiger partial charge in [0.15, 0.2) is 0 Å². The Morgan fingerprint density at radius 3 is 2.39 bits per heavy atom. The van der Waals surface area contributed by atoms with Crippen LogP contribution in [0.5, 0.6) is 0 Å². The number of carbonyl (C=O) groups is 2. The lowest BCUT2D eigenvalue weighted by atomic mass is 10.1. The number of imide groups is 1. The van der Waals surface area contributed by atoms with Crippen molar-refractivity contribution in [1.29, 1.82) is 0 Å². The lowest BCUT2D eigenvalue weighted by Gasteiger charge is -2.14. The maximum Gasteiger partial charge on any atom is 0.326 e. The first-order valence-electron chi connectivity index (χ1n) is 7.20. The number of carbonyl (C=O) groups excluding carboxylic acids is 2. The van der Waals surface area contributed by atoms with Crippen LogP contribution in [-0.4, -0.2) is 18.5 Å². The summed E-state index contributed by atoms with van der Waals surface area (Å²) < 4.78 is 13.4. The third kappa shape index (κ3) is 5.19. The first-order chi connectivity index (χ1) is 11.1. The van der Waals surface area contributed by atoms with Crippen molar-refractivity contribution < 1.29 is 14.0 Å². The van der Waals surface area contributed by atoms with E-state index in [0.29, 0.717) is 0 Å². The predicted molar refractivity (Wildman–Crippen MR) is 86.4 cm³/mol. The highest BCUT2D eigenvalue weighted by Crippen LogP contribution is 2.12. The fourth-order valence-electron chi connectivity index (χ4n) is 1.99. The maximum absolute atomic E-state index is 13.4. The van der Waals surface area contributed by atoms with E-state index in [1.165, 1.54) is 18.2 Å². The number of hydrogen-bond donors (Lipinski definition) is 3. The predicted octanol–water partition coefficient (Wildman–Crippen LogP) is 2.82. The Kier molecular flexibility index (Phi) is 5.82. The number of urea groups is 1. The van der Waals surface area contributed by atoms with Gasteiger partial charge in [-0.15, -0.1) is 0 Å². The van der Waals surface area contributed by atoms with Crippen molar-refractivity contribution in [3.63, 3.8) is 0 Å². The molecule has 1 atom stereocenters. The first kappa shape index (κ1) is 16.6. The molecule has 2 rings (SSSR count). The van der Waals surface area contributed by atoms with Gasteiger partial charge in [-0.25, -0.2) is 9.18 Å². The van der Waals surface area contributed by atoms with Crippen molar-refractivity contribution in [3.05, 3.63) is 66.0 Å². The van der Waals surface area contributed by atoms with Crippen LogP contribution in [0.2, 0.25) is 0 Å². The van der Waals surface area contributed by atoms with Gasteiger partial charge < -0.3 is 10.6 Å². The molecule has 3 amide bonds. The smallest absolute Gasteiger partial charge is 0.305 e. The standard InChI is InChI=1S/C17H18FN3O2/c1-12(13-7-3-2-4-8-13)19-11-16(22)21-17(23)20-15-10-6-5-9-14(15)18/h2-10,12,19H,11H2,1H3,(H2,20,21,22,23)/t12-/m0/s1. The van der Waals surface area contributed by atoms with Crippen LogP contribution in [0, 0.1) is 5.82 Å². The highest BCUT2D eigenvalue weighted by atomic mass is 19.1. The quantitative estimate of drug-likeness (QED) is 0.794. The van der Waals surface area contributed by atoms with Gasteiger partial charge in [-0.1, -0.05) is 42.5 Å². The molecule has 3 N–H and O–H groups in total. The molecule has 5 nitrogen and oxygen atoms in total. The molecule has 0 spiro atoms. The van der Waals surface area contributed by atoms with Gasteiger partial charge in [0.05, 0.1) is 12.2 Å². The van der Waals surface area contributed by atoms with Gasteiger partial charge in [0, 0.05) is 6.04 Å². The average Bonchev–Trinajstić information content (AvgIpc) is 2.55. The van der Waals surface area contributed by atoms with Crippen LogP contribution in [0.1, 0.15) is 18.5 Å². The Morgan fingerprint density at radius 1 is 1.04 bits per heavy atom. The van der Waals surface area contributed by atoms with Crippen LogP contribution >= 0.6 is 0 Å². The van der Waals surface area contributed by atoms with Crippen LogP contribution in [0.25, 0.3) is 0 Å². The van der Waals surface area contributed by atoms with Crippen molar-refractivity contribution in [3.8, 4) is 0 Å². The molecule has 6 heteroatoms. The van der Waals surface area contributed by atoms with Gasteiger partial charge in [-0.05, 0) is 24.6 Å². The Hall–Kier alpha value is -2.73. The molecule has 0 aliphatic rings. The summed E-state index contributed by atoms with van der Waals surface area (Å²) in [6.45, 7) is 1.89. The second-order valence-electron chi connectivity index (χ2n) is 5.00. The Labute approximate surface area is 133 Å². The van der Waals surface area contributed by atoms with E-state index in [9.17, 15) is 14.0 Å². The van der Waals surface area contributed by atoms with Crippen LogP contribution in [0.3, 0.4) is 0 Å². The normalized spacial score (nSPS) is 11.6. The Balaban J connectivity index is 1.78. The number of hydrogen-bond acceptors (Lipinski definition) is 3. The molecule has 0 heterocycles. The lowest BCUT2D eigenvalue weighted by Crippen LogP contribution is -2.40. The minimum atomic E-state index is -0.769. The van der Waals surface area contributed by atoms with Gasteiger partial charge in [-0.2, -0.15) is 0 Å². The number of rotatable bonds is 5. The van der Waals surface area contributed by atoms with E-state index < -0.39 is 17.8 Å². The molecule has 0 saturated heterocycles. The molecule has 2 aromatic carbocycles. The number of amides is 3. The molecule has 2 aromatic rings. The lowest BCUT2D eigenvalue weighted by molar-refractivity contribution is -0.119. The zero-order valence-corrected chi connectivity index (χ0v) is 12.7. The third-order valence-electron chi connectivity index (χ3n) is 3.24. The number of para-hydroxylation sites is 1. The zero-order valence-electron chi connectivity index (χ0n) is 12.7. The van der Waals surface area contributed by atoms with E-state index in [4.69, 9.17) is 0 Å². The number of nitrogens with one attached hydrogen (secondary N) is 3. The topological polar surface area (TPSA) is 70.2 Å². The van der Waals surface area contributed by atoms with Crippen LogP contribution in [0.15, 0.2) is 54.6 Å². The Morgan fingerprint density at radius 2 is 1.70 bits per heavy atom. The summed E-state index contributed by atoms with van der Waals surface area (Å²) in [6.07, 6.45) is 0. The maximum atomic E-state index is 13.4. The molecule has 23 heavy (non-hydrogen) atoms. The molecule has 0 aliphatic carbocycles. The van der Waals surface area contributed by atoms with Crippen molar-refractivity contribution in [2.45, 2.75) is 13.0 Å². The minimum Gasteiger partial charge on any atom is -0.305 e. The van der Waals surface area contributed by atoms with E-state index in [2.05, 4.69) is 16.0 Å². The largest absolute Gasteiger partial charge is 0.326 e. The van der Waals surface area contributed by atoms with E-state index in [1.54, 1.807) is 6.07 Å². The molecule has 120 valence electrons. The molecule has 0 aromatic heterocycles. The number of halogens is 1. The molecular formula is C17H18FN3O2. The summed E-state index contributed by atoms with van der Waals surface area (Å²) in [5.41, 5.74) is 1.06.